The standard InChI is InChI=1S/C31H40N4O8/c1-22-28(33-34-32)30(42-24(3)37)43-27(21-40-23(2)36)29(22)39-18-12-6-11-17-35(19-25-13-7-4-8-14-25)31(38)41-20-26-15-9-5-10-16-26/h4-5,7-10,13-16,22,27-30H,6,11-12,17-21H2,1-3H3/t22-,27?,28?,29+,30?/m1/s1. The average molecular weight is 597 g/mol. The van der Waals surface area contributed by atoms with Crippen LogP contribution in [0.5, 0.6) is 0 Å². The van der Waals surface area contributed by atoms with Gasteiger partial charge in [-0.25, -0.2) is 4.79 Å². The van der Waals surface area contributed by atoms with Crippen molar-refractivity contribution in [3.05, 3.63) is 82.2 Å². The zero-order valence-electron chi connectivity index (χ0n) is 24.9. The van der Waals surface area contributed by atoms with Gasteiger partial charge in [-0.2, -0.15) is 0 Å². The van der Waals surface area contributed by atoms with Crippen LogP contribution in [0.2, 0.25) is 0 Å². The number of nitrogens with zero attached hydrogens (tertiary/aromatic N) is 4. The SMILES string of the molecule is CC(=O)OCC1OC(OC(C)=O)C(N=[N+]=[N-])[C@@H](C)[C@@H]1OCCCCCN(Cc1ccccc1)C(=O)OCc1ccccc1. The van der Waals surface area contributed by atoms with Crippen molar-refractivity contribution in [3.63, 3.8) is 0 Å². The molecule has 12 heteroatoms. The maximum atomic E-state index is 13.0. The van der Waals surface area contributed by atoms with E-state index in [0.29, 0.717) is 26.1 Å². The van der Waals surface area contributed by atoms with Crippen molar-refractivity contribution in [1.29, 1.82) is 0 Å². The highest BCUT2D eigenvalue weighted by atomic mass is 16.7. The van der Waals surface area contributed by atoms with Gasteiger partial charge in [-0.3, -0.25) is 9.59 Å². The number of hydrogen-bond donors (Lipinski definition) is 0. The summed E-state index contributed by atoms with van der Waals surface area (Å²) in [4.78, 5) is 40.6. The lowest BCUT2D eigenvalue weighted by molar-refractivity contribution is -0.255. The van der Waals surface area contributed by atoms with Gasteiger partial charge in [-0.1, -0.05) is 72.7 Å². The highest BCUT2D eigenvalue weighted by Crippen LogP contribution is 2.32. The van der Waals surface area contributed by atoms with Crippen molar-refractivity contribution in [2.75, 3.05) is 19.8 Å². The third kappa shape index (κ3) is 11.2. The molecule has 0 spiro atoms. The maximum absolute atomic E-state index is 13.0. The first kappa shape index (κ1) is 33.4. The number of amides is 1. The number of hydrogen-bond acceptors (Lipinski definition) is 9. The molecule has 0 bridgehead atoms. The van der Waals surface area contributed by atoms with Crippen molar-refractivity contribution in [2.24, 2.45) is 11.0 Å². The van der Waals surface area contributed by atoms with E-state index in [-0.39, 0.29) is 19.3 Å². The van der Waals surface area contributed by atoms with Crippen molar-refractivity contribution in [2.45, 2.75) is 77.7 Å². The Kier molecular flexibility index (Phi) is 13.8. The van der Waals surface area contributed by atoms with Crippen LogP contribution >= 0.6 is 0 Å². The number of esters is 2. The number of ether oxygens (including phenoxy) is 5. The van der Waals surface area contributed by atoms with Crippen LogP contribution in [0, 0.1) is 5.92 Å². The Morgan fingerprint density at radius 1 is 0.930 bits per heavy atom. The maximum Gasteiger partial charge on any atom is 0.410 e. The highest BCUT2D eigenvalue weighted by Gasteiger charge is 2.46. The molecular formula is C31H40N4O8. The smallest absolute Gasteiger partial charge is 0.410 e. The average Bonchev–Trinajstić information content (AvgIpc) is 2.99. The molecule has 232 valence electrons. The van der Waals surface area contributed by atoms with Gasteiger partial charge >= 0.3 is 18.0 Å². The molecule has 43 heavy (non-hydrogen) atoms. The van der Waals surface area contributed by atoms with E-state index < -0.39 is 42.4 Å². The number of carbonyl (C=O) groups is 3. The summed E-state index contributed by atoms with van der Waals surface area (Å²) >= 11 is 0. The molecule has 0 N–H and O–H groups in total. The predicted octanol–water partition coefficient (Wildman–Crippen LogP) is 5.55. The Morgan fingerprint density at radius 3 is 2.23 bits per heavy atom. The quantitative estimate of drug-likeness (QED) is 0.0649. The lowest BCUT2D eigenvalue weighted by atomic mass is 9.89. The van der Waals surface area contributed by atoms with Gasteiger partial charge in [-0.15, -0.1) is 0 Å². The minimum absolute atomic E-state index is 0.107. The van der Waals surface area contributed by atoms with Crippen LogP contribution in [0.3, 0.4) is 0 Å². The Bertz CT molecular complexity index is 1210. The van der Waals surface area contributed by atoms with Crippen molar-refractivity contribution >= 4 is 18.0 Å². The van der Waals surface area contributed by atoms with Crippen LogP contribution in [-0.4, -0.2) is 67.2 Å². The van der Waals surface area contributed by atoms with Gasteiger partial charge < -0.3 is 28.6 Å². The lowest BCUT2D eigenvalue weighted by Gasteiger charge is -2.43. The summed E-state index contributed by atoms with van der Waals surface area (Å²) < 4.78 is 28.0. The zero-order chi connectivity index (χ0) is 31.0. The van der Waals surface area contributed by atoms with E-state index in [2.05, 4.69) is 10.0 Å². The molecule has 0 saturated carbocycles. The number of azide groups is 1. The summed E-state index contributed by atoms with van der Waals surface area (Å²) in [5.74, 6) is -1.47. The highest BCUT2D eigenvalue weighted by molar-refractivity contribution is 5.67. The van der Waals surface area contributed by atoms with E-state index in [1.54, 1.807) is 4.90 Å². The fraction of sp³-hybridized carbons (Fsp3) is 0.516. The van der Waals surface area contributed by atoms with Crippen LogP contribution < -0.4 is 0 Å². The second kappa shape index (κ2) is 17.7. The molecular weight excluding hydrogens is 556 g/mol. The third-order valence-electron chi connectivity index (χ3n) is 6.99. The van der Waals surface area contributed by atoms with Crippen molar-refractivity contribution in [3.8, 4) is 0 Å². The summed E-state index contributed by atoms with van der Waals surface area (Å²) in [7, 11) is 0. The van der Waals surface area contributed by atoms with Gasteiger partial charge in [0.2, 0.25) is 6.29 Å². The zero-order valence-corrected chi connectivity index (χ0v) is 24.9. The molecule has 2 aromatic carbocycles. The first-order chi connectivity index (χ1) is 20.8. The van der Waals surface area contributed by atoms with E-state index in [4.69, 9.17) is 29.2 Å². The minimum Gasteiger partial charge on any atom is -0.463 e. The Balaban J connectivity index is 1.54. The van der Waals surface area contributed by atoms with Gasteiger partial charge in [0.15, 0.2) is 0 Å². The van der Waals surface area contributed by atoms with Gasteiger partial charge in [0.25, 0.3) is 0 Å². The molecule has 2 aromatic rings. The van der Waals surface area contributed by atoms with E-state index in [0.717, 1.165) is 24.0 Å². The molecule has 1 amide bonds. The molecule has 1 aliphatic rings. The van der Waals surface area contributed by atoms with Crippen LogP contribution in [-0.2, 0) is 46.4 Å². The molecule has 1 heterocycles. The number of carbonyl (C=O) groups excluding carboxylic acids is 3. The predicted molar refractivity (Wildman–Crippen MR) is 156 cm³/mol. The largest absolute Gasteiger partial charge is 0.463 e. The molecule has 0 radical (unpaired) electrons. The number of unbranched alkanes of at least 4 members (excludes halogenated alkanes) is 2. The monoisotopic (exact) mass is 596 g/mol. The molecule has 3 rings (SSSR count). The van der Waals surface area contributed by atoms with Gasteiger partial charge in [-0.05, 0) is 41.8 Å². The molecule has 5 atom stereocenters. The Hall–Kier alpha value is -4.12. The van der Waals surface area contributed by atoms with Gasteiger partial charge in [0.05, 0.1) is 6.10 Å². The fourth-order valence-electron chi connectivity index (χ4n) is 4.83. The molecule has 1 aliphatic heterocycles. The van der Waals surface area contributed by atoms with Crippen LogP contribution in [0.1, 0.15) is 51.2 Å². The molecule has 1 fully saturated rings. The molecule has 0 aromatic heterocycles. The summed E-state index contributed by atoms with van der Waals surface area (Å²) in [6, 6.07) is 18.5. The van der Waals surface area contributed by atoms with E-state index in [9.17, 15) is 14.4 Å². The molecule has 3 unspecified atom stereocenters. The molecule has 1 saturated heterocycles. The Morgan fingerprint density at radius 2 is 1.60 bits per heavy atom. The minimum atomic E-state index is -1.12. The normalized spacial score (nSPS) is 21.2. The first-order valence-corrected chi connectivity index (χ1v) is 14.4. The Labute approximate surface area is 251 Å². The molecule has 12 nitrogen and oxygen atoms in total. The topological polar surface area (TPSA) is 149 Å². The first-order valence-electron chi connectivity index (χ1n) is 14.4. The summed E-state index contributed by atoms with van der Waals surface area (Å²) in [6.45, 7) is 5.71. The van der Waals surface area contributed by atoms with E-state index >= 15 is 0 Å². The summed E-state index contributed by atoms with van der Waals surface area (Å²) in [5.41, 5.74) is 11.0. The third-order valence-corrected chi connectivity index (χ3v) is 6.99. The second-order valence-electron chi connectivity index (χ2n) is 10.4. The van der Waals surface area contributed by atoms with Crippen LogP contribution in [0.15, 0.2) is 65.8 Å². The van der Waals surface area contributed by atoms with E-state index in [1.165, 1.54) is 13.8 Å². The summed E-state index contributed by atoms with van der Waals surface area (Å²) in [6.07, 6.45) is -0.637. The van der Waals surface area contributed by atoms with Gasteiger partial charge in [0, 0.05) is 38.5 Å². The van der Waals surface area contributed by atoms with Crippen molar-refractivity contribution in [1.82, 2.24) is 4.90 Å². The number of rotatable bonds is 15. The van der Waals surface area contributed by atoms with Crippen LogP contribution in [0.4, 0.5) is 4.79 Å². The van der Waals surface area contributed by atoms with Crippen molar-refractivity contribution < 1.29 is 38.1 Å². The summed E-state index contributed by atoms with van der Waals surface area (Å²) in [5, 5.41) is 3.78. The second-order valence-corrected chi connectivity index (χ2v) is 10.4. The number of benzene rings is 2. The lowest BCUT2D eigenvalue weighted by Crippen LogP contribution is -2.56. The van der Waals surface area contributed by atoms with E-state index in [1.807, 2.05) is 67.6 Å². The van der Waals surface area contributed by atoms with Crippen LogP contribution in [0.25, 0.3) is 10.4 Å². The van der Waals surface area contributed by atoms with Gasteiger partial charge in [0.1, 0.15) is 25.4 Å². The fourth-order valence-corrected chi connectivity index (χ4v) is 4.83. The molecule has 0 aliphatic carbocycles.